The Kier molecular flexibility index (Phi) is 7.84. The van der Waals surface area contributed by atoms with Crippen LogP contribution < -0.4 is 0 Å². The molecule has 1 aliphatic heterocycles. The zero-order chi connectivity index (χ0) is 17.7. The van der Waals surface area contributed by atoms with E-state index in [4.69, 9.17) is 30.0 Å². The van der Waals surface area contributed by atoms with Crippen molar-refractivity contribution in [1.29, 1.82) is 0 Å². The lowest BCUT2D eigenvalue weighted by molar-refractivity contribution is 0.00578. The number of unbranched alkanes of at least 4 members (excludes halogenated alkanes) is 1. The van der Waals surface area contributed by atoms with Crippen molar-refractivity contribution in [3.63, 3.8) is 0 Å². The first kappa shape index (κ1) is 21.2. The highest BCUT2D eigenvalue weighted by atomic mass is 35.5. The van der Waals surface area contributed by atoms with Gasteiger partial charge in [-0.2, -0.15) is 0 Å². The molecule has 5 nitrogen and oxygen atoms in total. The molecule has 8 heteroatoms. The summed E-state index contributed by atoms with van der Waals surface area (Å²) in [6.45, 7) is 11.9. The van der Waals surface area contributed by atoms with E-state index in [9.17, 15) is 4.57 Å². The van der Waals surface area contributed by atoms with E-state index >= 15 is 0 Å². The van der Waals surface area contributed by atoms with Crippen molar-refractivity contribution < 1.29 is 22.9 Å². The van der Waals surface area contributed by atoms with Gasteiger partial charge in [0, 0.05) is 5.88 Å². The van der Waals surface area contributed by atoms with E-state index in [1.807, 2.05) is 33.8 Å². The number of hydrogen-bond donors (Lipinski definition) is 0. The molecule has 0 spiro atoms. The molecule has 0 saturated carbocycles. The highest BCUT2D eigenvalue weighted by Crippen LogP contribution is 2.59. The highest BCUT2D eigenvalue weighted by Gasteiger charge is 2.56. The average Bonchev–Trinajstić information content (AvgIpc) is 2.63. The van der Waals surface area contributed by atoms with E-state index in [1.54, 1.807) is 13.8 Å². The Morgan fingerprint density at radius 2 is 1.61 bits per heavy atom. The molecule has 134 valence electrons. The average molecular weight is 367 g/mol. The van der Waals surface area contributed by atoms with Crippen LogP contribution in [0.2, 0.25) is 0 Å². The van der Waals surface area contributed by atoms with Gasteiger partial charge >= 0.3 is 14.7 Å². The predicted octanol–water partition coefficient (Wildman–Crippen LogP) is 4.79. The van der Waals surface area contributed by atoms with E-state index in [1.165, 1.54) is 0 Å². The van der Waals surface area contributed by atoms with Crippen LogP contribution in [-0.2, 0) is 22.9 Å². The lowest BCUT2D eigenvalue weighted by atomic mass is 9.88. The highest BCUT2D eigenvalue weighted by molar-refractivity contribution is 7.61. The molecule has 0 aliphatic carbocycles. The zero-order valence-corrected chi connectivity index (χ0v) is 16.7. The molecule has 1 saturated heterocycles. The number of halogens is 1. The fraction of sp³-hybridized carbons (Fsp3) is 0.867. The van der Waals surface area contributed by atoms with Crippen LogP contribution in [0.15, 0.2) is 11.3 Å². The molecule has 1 fully saturated rings. The van der Waals surface area contributed by atoms with Crippen molar-refractivity contribution in [2.45, 2.75) is 65.6 Å². The van der Waals surface area contributed by atoms with Crippen molar-refractivity contribution in [3.8, 4) is 0 Å². The zero-order valence-electron chi connectivity index (χ0n) is 15.1. The van der Waals surface area contributed by atoms with Crippen LogP contribution in [0.1, 0.15) is 54.4 Å². The second kappa shape index (κ2) is 8.51. The molecule has 0 amide bonds. The lowest BCUT2D eigenvalue weighted by Crippen LogP contribution is -2.41. The Labute approximate surface area is 145 Å². The van der Waals surface area contributed by atoms with Crippen LogP contribution in [-0.4, -0.2) is 37.4 Å². The monoisotopic (exact) mass is 366 g/mol. The van der Waals surface area contributed by atoms with E-state index in [0.717, 1.165) is 6.42 Å². The largest absolute Gasteiger partial charge is 0.502 e. The molecular formula is C15H29BClO5P. The SMILES string of the molecule is CCOP(=O)(OCC)/C(=C/CCCCl)B1OC(C)(C)C(C)(C)O1. The fourth-order valence-electron chi connectivity index (χ4n) is 2.15. The summed E-state index contributed by atoms with van der Waals surface area (Å²) in [6, 6.07) is 0. The number of allylic oxidation sites excluding steroid dienone is 1. The quantitative estimate of drug-likeness (QED) is 0.254. The molecule has 23 heavy (non-hydrogen) atoms. The molecule has 0 unspecified atom stereocenters. The normalized spacial score (nSPS) is 21.0. The van der Waals surface area contributed by atoms with Crippen molar-refractivity contribution in [2.75, 3.05) is 19.1 Å². The minimum absolute atomic E-state index is 0.281. The number of alkyl halides is 1. The maximum Gasteiger partial charge on any atom is 0.502 e. The van der Waals surface area contributed by atoms with E-state index in [0.29, 0.717) is 17.5 Å². The number of hydrogen-bond acceptors (Lipinski definition) is 5. The van der Waals surface area contributed by atoms with Crippen molar-refractivity contribution in [3.05, 3.63) is 11.3 Å². The Morgan fingerprint density at radius 1 is 1.13 bits per heavy atom. The van der Waals surface area contributed by atoms with Crippen LogP contribution in [0.25, 0.3) is 0 Å². The first-order chi connectivity index (χ1) is 10.6. The summed E-state index contributed by atoms with van der Waals surface area (Å²) in [5.74, 6) is 0.528. The third-order valence-electron chi connectivity index (χ3n) is 4.10. The molecular weight excluding hydrogens is 337 g/mol. The second-order valence-electron chi connectivity index (χ2n) is 6.38. The Balaban J connectivity index is 3.16. The van der Waals surface area contributed by atoms with Crippen LogP contribution in [0.4, 0.5) is 0 Å². The van der Waals surface area contributed by atoms with Gasteiger partial charge in [0.2, 0.25) is 0 Å². The maximum absolute atomic E-state index is 13.2. The van der Waals surface area contributed by atoms with Crippen LogP contribution in [0.3, 0.4) is 0 Å². The van der Waals surface area contributed by atoms with Gasteiger partial charge in [-0.05, 0) is 54.4 Å². The van der Waals surface area contributed by atoms with E-state index in [2.05, 4.69) is 0 Å². The minimum Gasteiger partial charge on any atom is -0.399 e. The van der Waals surface area contributed by atoms with Crippen LogP contribution >= 0.6 is 19.2 Å². The van der Waals surface area contributed by atoms with Gasteiger partial charge in [0.1, 0.15) is 0 Å². The standard InChI is InChI=1S/C15H29BClO5P/c1-7-19-23(18,20-8-2)13(11-9-10-12-17)16-21-14(3,4)15(5,6)22-16/h11H,7-10,12H2,1-6H3/b13-11+. The van der Waals surface area contributed by atoms with Gasteiger partial charge in [-0.15, -0.1) is 11.6 Å². The molecule has 0 N–H and O–H groups in total. The fourth-order valence-corrected chi connectivity index (χ4v) is 4.08. The van der Waals surface area contributed by atoms with E-state index in [-0.39, 0.29) is 13.2 Å². The van der Waals surface area contributed by atoms with Gasteiger partial charge in [0.05, 0.1) is 29.6 Å². The van der Waals surface area contributed by atoms with Crippen LogP contribution in [0, 0.1) is 0 Å². The summed E-state index contributed by atoms with van der Waals surface area (Å²) in [7, 11) is -4.21. The summed E-state index contributed by atoms with van der Waals surface area (Å²) in [5, 5.41) is 0.435. The Morgan fingerprint density at radius 3 is 2.00 bits per heavy atom. The third kappa shape index (κ3) is 5.07. The molecule has 1 heterocycles. The number of rotatable bonds is 9. The summed E-state index contributed by atoms with van der Waals surface area (Å²) >= 11 is 5.75. The molecule has 1 aliphatic rings. The van der Waals surface area contributed by atoms with Gasteiger partial charge in [0.25, 0.3) is 0 Å². The predicted molar refractivity (Wildman–Crippen MR) is 95.0 cm³/mol. The summed E-state index contributed by atoms with van der Waals surface area (Å²) in [4.78, 5) is 0. The van der Waals surface area contributed by atoms with E-state index < -0.39 is 25.9 Å². The minimum atomic E-state index is -3.46. The Hall–Kier alpha value is 0.165. The van der Waals surface area contributed by atoms with Gasteiger partial charge in [-0.3, -0.25) is 4.57 Å². The lowest BCUT2D eigenvalue weighted by Gasteiger charge is -2.32. The molecule has 0 aromatic rings. The molecule has 0 bridgehead atoms. The van der Waals surface area contributed by atoms with Crippen molar-refractivity contribution in [2.24, 2.45) is 0 Å². The summed E-state index contributed by atoms with van der Waals surface area (Å²) < 4.78 is 36.3. The summed E-state index contributed by atoms with van der Waals surface area (Å²) in [5.41, 5.74) is -1.04. The molecule has 0 aromatic heterocycles. The molecule has 0 aromatic carbocycles. The maximum atomic E-state index is 13.2. The van der Waals surface area contributed by atoms with Gasteiger partial charge < -0.3 is 18.4 Å². The molecule has 0 radical (unpaired) electrons. The first-order valence-corrected chi connectivity index (χ1v) is 10.2. The molecule has 0 atom stereocenters. The smallest absolute Gasteiger partial charge is 0.399 e. The second-order valence-corrected chi connectivity index (χ2v) is 8.79. The summed E-state index contributed by atoms with van der Waals surface area (Å²) in [6.07, 6.45) is 3.26. The van der Waals surface area contributed by atoms with Crippen molar-refractivity contribution >= 4 is 26.3 Å². The Bertz CT molecular complexity index is 441. The van der Waals surface area contributed by atoms with Gasteiger partial charge in [-0.25, -0.2) is 0 Å². The van der Waals surface area contributed by atoms with Crippen molar-refractivity contribution in [1.82, 2.24) is 0 Å². The van der Waals surface area contributed by atoms with Gasteiger partial charge in [0.15, 0.2) is 0 Å². The molecule has 1 rings (SSSR count). The first-order valence-electron chi connectivity index (χ1n) is 8.15. The topological polar surface area (TPSA) is 54.0 Å². The van der Waals surface area contributed by atoms with Crippen LogP contribution in [0.5, 0.6) is 0 Å². The van der Waals surface area contributed by atoms with Gasteiger partial charge in [-0.1, -0.05) is 6.08 Å². The third-order valence-corrected chi connectivity index (χ3v) is 6.59.